The largest absolute Gasteiger partial charge is 0.278 e. The first-order valence-corrected chi connectivity index (χ1v) is 6.65. The fourth-order valence-electron chi connectivity index (χ4n) is 3.25. The van der Waals surface area contributed by atoms with Crippen molar-refractivity contribution in [2.24, 2.45) is 0 Å². The van der Waals surface area contributed by atoms with E-state index in [0.29, 0.717) is 0 Å². The molecule has 0 bridgehead atoms. The van der Waals surface area contributed by atoms with Crippen LogP contribution in [0.15, 0.2) is 54.6 Å². The van der Waals surface area contributed by atoms with Gasteiger partial charge in [0, 0.05) is 5.41 Å². The first-order valence-electron chi connectivity index (χ1n) is 6.65. The molecule has 0 fully saturated rings. The summed E-state index contributed by atoms with van der Waals surface area (Å²) in [5.41, 5.74) is 5.30. The first-order chi connectivity index (χ1) is 9.19. The van der Waals surface area contributed by atoms with E-state index < -0.39 is 0 Å². The molecule has 0 atom stereocenters. The Morgan fingerprint density at radius 3 is 2.58 bits per heavy atom. The molecule has 0 saturated heterocycles. The summed E-state index contributed by atoms with van der Waals surface area (Å²) in [5.74, 6) is 0. The van der Waals surface area contributed by atoms with E-state index in [4.69, 9.17) is 0 Å². The number of para-hydroxylation sites is 2. The number of hydrogen-bond acceptors (Lipinski definition) is 0. The molecule has 1 nitrogen and oxygen atoms in total. The van der Waals surface area contributed by atoms with Crippen molar-refractivity contribution in [1.29, 1.82) is 0 Å². The molecule has 2 aromatic carbocycles. The molecule has 1 aliphatic heterocycles. The second-order valence-corrected chi connectivity index (χ2v) is 5.68. The van der Waals surface area contributed by atoms with E-state index in [-0.39, 0.29) is 5.41 Å². The molecule has 3 aromatic rings. The molecule has 0 amide bonds. The lowest BCUT2D eigenvalue weighted by Gasteiger charge is -2.34. The highest BCUT2D eigenvalue weighted by Gasteiger charge is 2.33. The molecule has 0 unspecified atom stereocenters. The molecule has 0 N–H and O–H groups in total. The van der Waals surface area contributed by atoms with Crippen LogP contribution in [0.2, 0.25) is 0 Å². The second kappa shape index (κ2) is 3.45. The van der Waals surface area contributed by atoms with E-state index in [0.717, 1.165) is 0 Å². The summed E-state index contributed by atoms with van der Waals surface area (Å²) in [5, 5.41) is 1.28. The smallest absolute Gasteiger partial charge is 0.152 e. The van der Waals surface area contributed by atoms with Crippen LogP contribution in [-0.4, -0.2) is 0 Å². The van der Waals surface area contributed by atoms with Crippen molar-refractivity contribution in [2.45, 2.75) is 19.3 Å². The van der Waals surface area contributed by atoms with Crippen LogP contribution in [0, 0.1) is 6.20 Å². The maximum Gasteiger partial charge on any atom is 0.152 e. The van der Waals surface area contributed by atoms with Gasteiger partial charge in [-0.05, 0) is 22.6 Å². The summed E-state index contributed by atoms with van der Waals surface area (Å²) < 4.78 is 2.20. The van der Waals surface area contributed by atoms with Gasteiger partial charge < -0.3 is 0 Å². The number of benzene rings is 2. The fourth-order valence-corrected chi connectivity index (χ4v) is 3.25. The van der Waals surface area contributed by atoms with Gasteiger partial charge in [0.2, 0.25) is 0 Å². The van der Waals surface area contributed by atoms with Crippen molar-refractivity contribution in [1.82, 2.24) is 0 Å². The molecule has 1 aromatic heterocycles. The number of rotatable bonds is 0. The molecule has 0 saturated carbocycles. The van der Waals surface area contributed by atoms with Gasteiger partial charge in [-0.3, -0.25) is 4.57 Å². The Hall–Kier alpha value is -2.15. The van der Waals surface area contributed by atoms with E-state index in [1.54, 1.807) is 0 Å². The quantitative estimate of drug-likeness (QED) is 0.421. The minimum atomic E-state index is 0.0330. The van der Waals surface area contributed by atoms with Crippen molar-refractivity contribution >= 4 is 10.9 Å². The summed E-state index contributed by atoms with van der Waals surface area (Å²) in [6.45, 7) is 4.61. The normalized spacial score (nSPS) is 15.3. The van der Waals surface area contributed by atoms with E-state index >= 15 is 0 Å². The molecule has 92 valence electrons. The third kappa shape index (κ3) is 1.27. The molecule has 19 heavy (non-hydrogen) atoms. The monoisotopic (exact) mass is 245 g/mol. The molecule has 2 heterocycles. The average molecular weight is 245 g/mol. The average Bonchev–Trinajstić information content (AvgIpc) is 2.45. The van der Waals surface area contributed by atoms with Gasteiger partial charge in [-0.1, -0.05) is 56.3 Å². The third-order valence-electron chi connectivity index (χ3n) is 4.25. The lowest BCUT2D eigenvalue weighted by atomic mass is 9.74. The standard InChI is InChI=1S/C18H15N/c1-18(2)14-9-3-4-11-16(14)19-12-6-8-13-7-5-10-15(18)17(13)19/h3-11H,1-2H3. The first kappa shape index (κ1) is 10.7. The summed E-state index contributed by atoms with van der Waals surface area (Å²) in [6, 6.07) is 19.3. The van der Waals surface area contributed by atoms with Crippen molar-refractivity contribution in [3.05, 3.63) is 71.9 Å². The van der Waals surface area contributed by atoms with Crippen molar-refractivity contribution in [3.8, 4) is 5.69 Å². The van der Waals surface area contributed by atoms with E-state index in [2.05, 4.69) is 73.1 Å². The van der Waals surface area contributed by atoms with Crippen molar-refractivity contribution < 1.29 is 4.57 Å². The summed E-state index contributed by atoms with van der Waals surface area (Å²) in [4.78, 5) is 0. The van der Waals surface area contributed by atoms with Crippen LogP contribution in [-0.2, 0) is 5.41 Å². The summed E-state index contributed by atoms with van der Waals surface area (Å²) in [6.07, 6.45) is 3.36. The molecular weight excluding hydrogens is 230 g/mol. The fraction of sp³-hybridized carbons (Fsp3) is 0.167. The zero-order valence-electron chi connectivity index (χ0n) is 11.1. The molecule has 4 rings (SSSR count). The van der Waals surface area contributed by atoms with E-state index in [1.807, 2.05) is 6.07 Å². The van der Waals surface area contributed by atoms with Gasteiger partial charge in [-0.2, -0.15) is 0 Å². The Bertz CT molecular complexity index is 794. The number of fused-ring (bicyclic) bond motifs is 2. The van der Waals surface area contributed by atoms with Crippen LogP contribution >= 0.6 is 0 Å². The van der Waals surface area contributed by atoms with Crippen LogP contribution < -0.4 is 4.57 Å². The summed E-state index contributed by atoms with van der Waals surface area (Å²) in [7, 11) is 0. The minimum Gasteiger partial charge on any atom is -0.278 e. The Morgan fingerprint density at radius 2 is 1.68 bits per heavy atom. The van der Waals surface area contributed by atoms with Gasteiger partial charge in [0.1, 0.15) is 11.2 Å². The molecular formula is C18H15N. The third-order valence-corrected chi connectivity index (χ3v) is 4.25. The van der Waals surface area contributed by atoms with E-state index in [9.17, 15) is 0 Å². The van der Waals surface area contributed by atoms with Gasteiger partial charge >= 0.3 is 0 Å². The highest BCUT2D eigenvalue weighted by atomic mass is 15.0. The van der Waals surface area contributed by atoms with Gasteiger partial charge in [0.25, 0.3) is 0 Å². The lowest BCUT2D eigenvalue weighted by molar-refractivity contribution is -0.574. The SMILES string of the molecule is CC1(C)c2ccccc2-[n+]2[c-]ccc3cccc1c32. The van der Waals surface area contributed by atoms with Gasteiger partial charge in [-0.15, -0.1) is 6.07 Å². The zero-order valence-corrected chi connectivity index (χ0v) is 11.1. The van der Waals surface area contributed by atoms with Crippen molar-refractivity contribution in [3.63, 3.8) is 0 Å². The Kier molecular flexibility index (Phi) is 1.95. The van der Waals surface area contributed by atoms with Crippen LogP contribution in [0.25, 0.3) is 16.6 Å². The predicted octanol–water partition coefficient (Wildman–Crippen LogP) is 3.56. The Balaban J connectivity index is 2.28. The minimum absolute atomic E-state index is 0.0330. The van der Waals surface area contributed by atoms with Crippen LogP contribution in [0.3, 0.4) is 0 Å². The van der Waals surface area contributed by atoms with Gasteiger partial charge in [0.05, 0.1) is 0 Å². The molecule has 1 aliphatic rings. The van der Waals surface area contributed by atoms with Crippen molar-refractivity contribution in [2.75, 3.05) is 0 Å². The lowest BCUT2D eigenvalue weighted by Crippen LogP contribution is -2.42. The maximum absolute atomic E-state index is 3.36. The topological polar surface area (TPSA) is 3.88 Å². The Morgan fingerprint density at radius 1 is 0.895 bits per heavy atom. The molecule has 0 spiro atoms. The highest BCUT2D eigenvalue weighted by molar-refractivity contribution is 5.82. The zero-order chi connectivity index (χ0) is 13.0. The van der Waals surface area contributed by atoms with E-state index in [1.165, 1.54) is 27.7 Å². The van der Waals surface area contributed by atoms with Gasteiger partial charge in [-0.25, -0.2) is 0 Å². The van der Waals surface area contributed by atoms with Crippen LogP contribution in [0.4, 0.5) is 0 Å². The highest BCUT2D eigenvalue weighted by Crippen LogP contribution is 2.39. The number of pyridine rings is 1. The molecule has 0 aliphatic carbocycles. The number of nitrogens with zero attached hydrogens (tertiary/aromatic N) is 1. The van der Waals surface area contributed by atoms with Crippen LogP contribution in [0.1, 0.15) is 25.0 Å². The number of hydrogen-bond donors (Lipinski definition) is 0. The maximum atomic E-state index is 3.36. The van der Waals surface area contributed by atoms with Crippen LogP contribution in [0.5, 0.6) is 0 Å². The number of aromatic nitrogens is 1. The Labute approximate surface area is 113 Å². The van der Waals surface area contributed by atoms with Gasteiger partial charge in [0.15, 0.2) is 6.20 Å². The second-order valence-electron chi connectivity index (χ2n) is 5.68. The molecule has 0 radical (unpaired) electrons. The molecule has 1 heteroatoms. The predicted molar refractivity (Wildman–Crippen MR) is 76.4 cm³/mol. The summed E-state index contributed by atoms with van der Waals surface area (Å²) >= 11 is 0.